The van der Waals surface area contributed by atoms with E-state index in [9.17, 15) is 19.8 Å². The van der Waals surface area contributed by atoms with Gasteiger partial charge >= 0.3 is 11.9 Å². The fourth-order valence-corrected chi connectivity index (χ4v) is 1.40. The van der Waals surface area contributed by atoms with Gasteiger partial charge in [0.2, 0.25) is 5.60 Å². The van der Waals surface area contributed by atoms with Crippen LogP contribution in [0.5, 0.6) is 0 Å². The van der Waals surface area contributed by atoms with Crippen LogP contribution in [0.4, 0.5) is 0 Å². The Kier molecular flexibility index (Phi) is 3.82. The van der Waals surface area contributed by atoms with Crippen LogP contribution in [0.3, 0.4) is 0 Å². The minimum Gasteiger partial charge on any atom is -0.479 e. The summed E-state index contributed by atoms with van der Waals surface area (Å²) in [6, 6.07) is 7.98. The zero-order chi connectivity index (χ0) is 13.1. The first kappa shape index (κ1) is 13.1. The van der Waals surface area contributed by atoms with E-state index >= 15 is 0 Å². The predicted molar refractivity (Wildman–Crippen MR) is 56.4 cm³/mol. The summed E-state index contributed by atoms with van der Waals surface area (Å²) in [5.41, 5.74) is -2.33. The fraction of sp³-hybridized carbons (Fsp3) is 0.273. The first-order valence-electron chi connectivity index (χ1n) is 4.78. The second-order valence-electron chi connectivity index (χ2n) is 3.63. The molecule has 0 heterocycles. The number of carbonyl (C=O) groups is 2. The Labute approximate surface area is 96.8 Å². The van der Waals surface area contributed by atoms with E-state index < -0.39 is 30.1 Å². The van der Waals surface area contributed by atoms with E-state index in [2.05, 4.69) is 0 Å². The zero-order valence-corrected chi connectivity index (χ0v) is 8.78. The van der Waals surface area contributed by atoms with Crippen molar-refractivity contribution in [1.82, 2.24) is 0 Å². The average molecular weight is 240 g/mol. The third kappa shape index (κ3) is 2.80. The van der Waals surface area contributed by atoms with Gasteiger partial charge in [0.05, 0.1) is 0 Å². The Balaban J connectivity index is 3.02. The molecule has 17 heavy (non-hydrogen) atoms. The lowest BCUT2D eigenvalue weighted by Gasteiger charge is -2.26. The van der Waals surface area contributed by atoms with Crippen LogP contribution < -0.4 is 0 Å². The van der Waals surface area contributed by atoms with Crippen LogP contribution in [0.1, 0.15) is 5.56 Å². The molecule has 0 saturated carbocycles. The van der Waals surface area contributed by atoms with Crippen molar-refractivity contribution in [2.24, 2.45) is 0 Å². The molecule has 0 amide bonds. The second kappa shape index (κ2) is 4.94. The smallest absolute Gasteiger partial charge is 0.339 e. The molecule has 0 bridgehead atoms. The summed E-state index contributed by atoms with van der Waals surface area (Å²) >= 11 is 0. The van der Waals surface area contributed by atoms with Crippen molar-refractivity contribution < 1.29 is 30.0 Å². The third-order valence-corrected chi connectivity index (χ3v) is 2.37. The van der Waals surface area contributed by atoms with E-state index in [0.717, 1.165) is 0 Å². The van der Waals surface area contributed by atoms with Gasteiger partial charge in [-0.25, -0.2) is 9.59 Å². The lowest BCUT2D eigenvalue weighted by Crippen LogP contribution is -2.54. The normalized spacial score (nSPS) is 15.9. The predicted octanol–water partition coefficient (Wildman–Crippen LogP) is -0.510. The highest BCUT2D eigenvalue weighted by Crippen LogP contribution is 2.18. The monoisotopic (exact) mass is 240 g/mol. The van der Waals surface area contributed by atoms with Crippen LogP contribution in [0.15, 0.2) is 30.3 Å². The minimum atomic E-state index is -2.74. The number of carboxylic acid groups (broad SMARTS) is 2. The van der Waals surface area contributed by atoms with Gasteiger partial charge in [0.25, 0.3) is 0 Å². The van der Waals surface area contributed by atoms with Crippen LogP contribution in [0.2, 0.25) is 0 Å². The highest BCUT2D eigenvalue weighted by molar-refractivity contribution is 5.87. The van der Waals surface area contributed by atoms with Crippen molar-refractivity contribution in [1.29, 1.82) is 0 Å². The van der Waals surface area contributed by atoms with Crippen molar-refractivity contribution >= 4 is 11.9 Å². The molecule has 0 radical (unpaired) electrons. The van der Waals surface area contributed by atoms with Crippen LogP contribution in [0.25, 0.3) is 0 Å². The molecule has 0 saturated heterocycles. The fourth-order valence-electron chi connectivity index (χ4n) is 1.40. The van der Waals surface area contributed by atoms with Crippen molar-refractivity contribution in [3.05, 3.63) is 35.9 Å². The van der Waals surface area contributed by atoms with Gasteiger partial charge in [0, 0.05) is 6.42 Å². The number of hydrogen-bond acceptors (Lipinski definition) is 4. The van der Waals surface area contributed by atoms with Gasteiger partial charge in [-0.3, -0.25) is 0 Å². The van der Waals surface area contributed by atoms with Crippen LogP contribution in [0, 0.1) is 0 Å². The summed E-state index contributed by atoms with van der Waals surface area (Å²) < 4.78 is 0. The number of aliphatic carboxylic acids is 2. The molecule has 6 nitrogen and oxygen atoms in total. The number of carboxylic acids is 2. The summed E-state index contributed by atoms with van der Waals surface area (Å²) in [5.74, 6) is -3.57. The van der Waals surface area contributed by atoms with Gasteiger partial charge in [-0.05, 0) is 5.56 Å². The summed E-state index contributed by atoms with van der Waals surface area (Å²) in [5, 5.41) is 36.4. The molecule has 2 atom stereocenters. The highest BCUT2D eigenvalue weighted by Gasteiger charge is 2.47. The third-order valence-electron chi connectivity index (χ3n) is 2.37. The van der Waals surface area contributed by atoms with Gasteiger partial charge in [0.15, 0.2) is 6.10 Å². The molecule has 0 fully saturated rings. The molecule has 0 aliphatic heterocycles. The Morgan fingerprint density at radius 3 is 2.12 bits per heavy atom. The lowest BCUT2D eigenvalue weighted by molar-refractivity contribution is -0.183. The van der Waals surface area contributed by atoms with Crippen molar-refractivity contribution in [2.75, 3.05) is 0 Å². The molecule has 2 unspecified atom stereocenters. The summed E-state index contributed by atoms with van der Waals surface area (Å²) in [7, 11) is 0. The zero-order valence-electron chi connectivity index (χ0n) is 8.78. The Morgan fingerprint density at radius 1 is 1.18 bits per heavy atom. The van der Waals surface area contributed by atoms with Crippen molar-refractivity contribution in [2.45, 2.75) is 18.1 Å². The molecule has 1 aromatic carbocycles. The molecule has 0 aliphatic rings. The van der Waals surface area contributed by atoms with Gasteiger partial charge in [-0.2, -0.15) is 0 Å². The lowest BCUT2D eigenvalue weighted by atomic mass is 9.89. The Morgan fingerprint density at radius 2 is 1.71 bits per heavy atom. The Hall–Kier alpha value is -1.92. The van der Waals surface area contributed by atoms with E-state index in [1.807, 2.05) is 0 Å². The number of benzene rings is 1. The topological polar surface area (TPSA) is 115 Å². The van der Waals surface area contributed by atoms with Gasteiger partial charge < -0.3 is 20.4 Å². The maximum atomic E-state index is 10.9. The van der Waals surface area contributed by atoms with E-state index in [-0.39, 0.29) is 0 Å². The molecule has 4 N–H and O–H groups in total. The van der Waals surface area contributed by atoms with Gasteiger partial charge in [-0.1, -0.05) is 30.3 Å². The van der Waals surface area contributed by atoms with E-state index in [1.54, 1.807) is 18.2 Å². The number of aliphatic hydroxyl groups is 2. The summed E-state index contributed by atoms with van der Waals surface area (Å²) in [4.78, 5) is 21.5. The Bertz CT molecular complexity index is 415. The molecule has 0 spiro atoms. The van der Waals surface area contributed by atoms with Gasteiger partial charge in [0.1, 0.15) is 0 Å². The van der Waals surface area contributed by atoms with E-state index in [0.29, 0.717) is 5.56 Å². The quantitative estimate of drug-likeness (QED) is 0.551. The average Bonchev–Trinajstić information content (AvgIpc) is 2.28. The van der Waals surface area contributed by atoms with Crippen molar-refractivity contribution in [3.63, 3.8) is 0 Å². The van der Waals surface area contributed by atoms with E-state index in [4.69, 9.17) is 10.2 Å². The summed E-state index contributed by atoms with van der Waals surface area (Å²) in [6.45, 7) is 0. The molecular formula is C11H12O6. The maximum Gasteiger partial charge on any atom is 0.339 e. The first-order valence-corrected chi connectivity index (χ1v) is 4.78. The van der Waals surface area contributed by atoms with Crippen LogP contribution in [-0.4, -0.2) is 44.1 Å². The molecule has 92 valence electrons. The SMILES string of the molecule is O=C(O)C(O)C(O)(Cc1ccccc1)C(=O)O. The molecule has 0 aromatic heterocycles. The van der Waals surface area contributed by atoms with Crippen LogP contribution >= 0.6 is 0 Å². The molecular weight excluding hydrogens is 228 g/mol. The maximum absolute atomic E-state index is 10.9. The largest absolute Gasteiger partial charge is 0.479 e. The molecule has 1 rings (SSSR count). The standard InChI is InChI=1S/C11H12O6/c12-8(9(13)14)11(17,10(15)16)6-7-4-2-1-3-5-7/h1-5,8,12,17H,6H2,(H,13,14)(H,15,16). The first-order chi connectivity index (χ1) is 7.88. The molecule has 0 aliphatic carbocycles. The number of rotatable bonds is 5. The number of hydrogen-bond donors (Lipinski definition) is 4. The molecule has 6 heteroatoms. The summed E-state index contributed by atoms with van der Waals surface area (Å²) in [6.07, 6.45) is -2.88. The van der Waals surface area contributed by atoms with E-state index in [1.165, 1.54) is 12.1 Å². The van der Waals surface area contributed by atoms with Gasteiger partial charge in [-0.15, -0.1) is 0 Å². The minimum absolute atomic E-state index is 0.415. The van der Waals surface area contributed by atoms with Crippen molar-refractivity contribution in [3.8, 4) is 0 Å². The van der Waals surface area contributed by atoms with Crippen LogP contribution in [-0.2, 0) is 16.0 Å². The second-order valence-corrected chi connectivity index (χ2v) is 3.63. The number of aliphatic hydroxyl groups excluding tert-OH is 1. The molecule has 1 aromatic rings. The highest BCUT2D eigenvalue weighted by atomic mass is 16.4.